The number of piperidine rings is 1. The topological polar surface area (TPSA) is 48.5 Å². The molecule has 0 aliphatic carbocycles. The van der Waals surface area contributed by atoms with Crippen LogP contribution >= 0.6 is 11.6 Å². The molecule has 0 aromatic heterocycles. The van der Waals surface area contributed by atoms with Gasteiger partial charge in [-0.3, -0.25) is 4.99 Å². The zero-order valence-corrected chi connectivity index (χ0v) is 16.5. The SMILES string of the molecule is CC.Fc1ccc(CN=C2Nc3ccccc3NC23CCNCC3)cc1Cl. The molecule has 2 heterocycles. The van der Waals surface area contributed by atoms with Crippen LogP contribution in [0, 0.1) is 5.82 Å². The van der Waals surface area contributed by atoms with Gasteiger partial charge >= 0.3 is 0 Å². The van der Waals surface area contributed by atoms with Crippen LogP contribution in [0.25, 0.3) is 0 Å². The molecule has 3 N–H and O–H groups in total. The number of benzene rings is 2. The van der Waals surface area contributed by atoms with Crippen molar-refractivity contribution in [3.63, 3.8) is 0 Å². The van der Waals surface area contributed by atoms with Crippen molar-refractivity contribution in [2.45, 2.75) is 38.8 Å². The molecule has 2 aromatic carbocycles. The van der Waals surface area contributed by atoms with Crippen molar-refractivity contribution in [2.24, 2.45) is 4.99 Å². The Balaban J connectivity index is 0.00000102. The number of aliphatic imine (C=N–C) groups is 1. The number of rotatable bonds is 2. The lowest BCUT2D eigenvalue weighted by Crippen LogP contribution is -2.57. The van der Waals surface area contributed by atoms with Crippen LogP contribution < -0.4 is 16.0 Å². The average molecular weight is 389 g/mol. The molecule has 4 rings (SSSR count). The van der Waals surface area contributed by atoms with E-state index in [1.165, 1.54) is 6.07 Å². The lowest BCUT2D eigenvalue weighted by Gasteiger charge is -2.44. The molecule has 0 unspecified atom stereocenters. The summed E-state index contributed by atoms with van der Waals surface area (Å²) in [5.41, 5.74) is 2.84. The molecule has 0 amide bonds. The molecule has 0 saturated carbocycles. The van der Waals surface area contributed by atoms with E-state index in [1.807, 2.05) is 32.0 Å². The van der Waals surface area contributed by atoms with Crippen LogP contribution in [0.1, 0.15) is 32.3 Å². The smallest absolute Gasteiger partial charge is 0.141 e. The first-order valence-corrected chi connectivity index (χ1v) is 9.88. The van der Waals surface area contributed by atoms with Gasteiger partial charge in [0.05, 0.1) is 28.5 Å². The van der Waals surface area contributed by atoms with Crippen LogP contribution in [0.15, 0.2) is 47.5 Å². The first-order chi connectivity index (χ1) is 13.2. The van der Waals surface area contributed by atoms with E-state index >= 15 is 0 Å². The second-order valence-corrected chi connectivity index (χ2v) is 6.95. The molecular formula is C21H26ClFN4. The summed E-state index contributed by atoms with van der Waals surface area (Å²) in [6.07, 6.45) is 1.91. The van der Waals surface area contributed by atoms with Crippen molar-refractivity contribution in [1.82, 2.24) is 5.32 Å². The molecule has 0 atom stereocenters. The van der Waals surface area contributed by atoms with E-state index in [9.17, 15) is 4.39 Å². The number of nitrogens with one attached hydrogen (secondary N) is 3. The third-order valence-electron chi connectivity index (χ3n) is 4.87. The Morgan fingerprint density at radius 2 is 1.78 bits per heavy atom. The first-order valence-electron chi connectivity index (χ1n) is 9.50. The molecule has 1 saturated heterocycles. The third kappa shape index (κ3) is 4.25. The fourth-order valence-corrected chi connectivity index (χ4v) is 3.68. The zero-order valence-electron chi connectivity index (χ0n) is 15.8. The number of halogens is 2. The Morgan fingerprint density at radius 3 is 2.48 bits per heavy atom. The van der Waals surface area contributed by atoms with Crippen LogP contribution in [0.2, 0.25) is 5.02 Å². The van der Waals surface area contributed by atoms with Gasteiger partial charge in [-0.1, -0.05) is 43.6 Å². The Morgan fingerprint density at radius 1 is 1.07 bits per heavy atom. The van der Waals surface area contributed by atoms with E-state index < -0.39 is 5.82 Å². The van der Waals surface area contributed by atoms with E-state index in [-0.39, 0.29) is 10.6 Å². The van der Waals surface area contributed by atoms with Gasteiger partial charge in [-0.15, -0.1) is 0 Å². The van der Waals surface area contributed by atoms with E-state index in [2.05, 4.69) is 22.0 Å². The van der Waals surface area contributed by atoms with Gasteiger partial charge in [0.25, 0.3) is 0 Å². The second kappa shape index (κ2) is 8.72. The number of amidine groups is 1. The first kappa shape index (κ1) is 19.6. The average Bonchev–Trinajstić information content (AvgIpc) is 2.71. The van der Waals surface area contributed by atoms with Crippen molar-refractivity contribution in [1.29, 1.82) is 0 Å². The van der Waals surface area contributed by atoms with Gasteiger partial charge in [0.15, 0.2) is 0 Å². The lowest BCUT2D eigenvalue weighted by atomic mass is 9.84. The predicted octanol–water partition coefficient (Wildman–Crippen LogP) is 5.06. The van der Waals surface area contributed by atoms with Gasteiger partial charge < -0.3 is 16.0 Å². The van der Waals surface area contributed by atoms with E-state index in [1.54, 1.807) is 12.1 Å². The summed E-state index contributed by atoms with van der Waals surface area (Å²) >= 11 is 5.88. The molecule has 1 spiro atoms. The molecule has 4 nitrogen and oxygen atoms in total. The number of para-hydroxylation sites is 2. The molecule has 2 aromatic rings. The van der Waals surface area contributed by atoms with Crippen LogP contribution in [0.4, 0.5) is 15.8 Å². The monoisotopic (exact) mass is 388 g/mol. The minimum absolute atomic E-state index is 0.134. The minimum Gasteiger partial charge on any atom is -0.371 e. The molecule has 2 aliphatic rings. The van der Waals surface area contributed by atoms with Crippen LogP contribution in [0.3, 0.4) is 0 Å². The van der Waals surface area contributed by atoms with Gasteiger partial charge in [0.2, 0.25) is 0 Å². The minimum atomic E-state index is -0.403. The summed E-state index contributed by atoms with van der Waals surface area (Å²) in [4.78, 5) is 4.83. The van der Waals surface area contributed by atoms with Crippen LogP contribution in [-0.4, -0.2) is 24.5 Å². The van der Waals surface area contributed by atoms with Crippen molar-refractivity contribution < 1.29 is 4.39 Å². The molecule has 0 radical (unpaired) electrons. The van der Waals surface area contributed by atoms with Gasteiger partial charge in [-0.25, -0.2) is 4.39 Å². The molecule has 144 valence electrons. The maximum Gasteiger partial charge on any atom is 0.141 e. The number of hydrogen-bond acceptors (Lipinski definition) is 3. The van der Waals surface area contributed by atoms with Crippen molar-refractivity contribution >= 4 is 28.8 Å². The fraction of sp³-hybridized carbons (Fsp3) is 0.381. The van der Waals surface area contributed by atoms with Gasteiger partial charge in [-0.2, -0.15) is 0 Å². The van der Waals surface area contributed by atoms with Gasteiger partial charge in [-0.05, 0) is 55.8 Å². The van der Waals surface area contributed by atoms with Crippen molar-refractivity contribution in [3.8, 4) is 0 Å². The highest BCUT2D eigenvalue weighted by Gasteiger charge is 2.40. The molecule has 2 aliphatic heterocycles. The summed E-state index contributed by atoms with van der Waals surface area (Å²) in [6, 6.07) is 12.9. The predicted molar refractivity (Wildman–Crippen MR) is 112 cm³/mol. The standard InChI is InChI=1S/C19H20ClFN4.C2H6/c20-14-11-13(5-6-15(14)21)12-23-18-19(7-9-22-10-8-19)25-17-4-2-1-3-16(17)24-18;1-2/h1-6,11,22,25H,7-10,12H2,(H,23,24);1-2H3. The summed E-state index contributed by atoms with van der Waals surface area (Å²) in [5, 5.41) is 10.7. The maximum atomic E-state index is 13.3. The third-order valence-corrected chi connectivity index (χ3v) is 5.16. The van der Waals surface area contributed by atoms with Gasteiger partial charge in [0.1, 0.15) is 11.7 Å². The van der Waals surface area contributed by atoms with E-state index in [4.69, 9.17) is 16.6 Å². The molecule has 1 fully saturated rings. The molecule has 27 heavy (non-hydrogen) atoms. The highest BCUT2D eigenvalue weighted by molar-refractivity contribution is 6.30. The highest BCUT2D eigenvalue weighted by Crippen LogP contribution is 2.35. The summed E-state index contributed by atoms with van der Waals surface area (Å²) < 4.78 is 13.3. The fourth-order valence-electron chi connectivity index (χ4n) is 3.48. The van der Waals surface area contributed by atoms with Crippen molar-refractivity contribution in [2.75, 3.05) is 23.7 Å². The number of fused-ring (bicyclic) bond motifs is 1. The van der Waals surface area contributed by atoms with Gasteiger partial charge in [0, 0.05) is 0 Å². The molecule has 0 bridgehead atoms. The number of hydrogen-bond donors (Lipinski definition) is 3. The molecular weight excluding hydrogens is 363 g/mol. The van der Waals surface area contributed by atoms with Crippen LogP contribution in [0.5, 0.6) is 0 Å². The van der Waals surface area contributed by atoms with Crippen molar-refractivity contribution in [3.05, 3.63) is 58.9 Å². The lowest BCUT2D eigenvalue weighted by molar-refractivity contribution is 0.419. The Bertz CT molecular complexity index is 816. The zero-order chi connectivity index (χ0) is 19.3. The van der Waals surface area contributed by atoms with E-state index in [0.717, 1.165) is 48.7 Å². The number of nitrogens with zero attached hydrogens (tertiary/aromatic N) is 1. The quantitative estimate of drug-likeness (QED) is 0.673. The summed E-state index contributed by atoms with van der Waals surface area (Å²) in [5.74, 6) is 0.535. The molecule has 6 heteroatoms. The summed E-state index contributed by atoms with van der Waals surface area (Å²) in [7, 11) is 0. The largest absolute Gasteiger partial charge is 0.371 e. The normalized spacial score (nSPS) is 18.7. The summed E-state index contributed by atoms with van der Waals surface area (Å²) in [6.45, 7) is 6.35. The number of anilines is 2. The maximum absolute atomic E-state index is 13.3. The van der Waals surface area contributed by atoms with Crippen LogP contribution in [-0.2, 0) is 6.54 Å². The Labute approximate surface area is 165 Å². The highest BCUT2D eigenvalue weighted by atomic mass is 35.5. The second-order valence-electron chi connectivity index (χ2n) is 6.54. The van der Waals surface area contributed by atoms with E-state index in [0.29, 0.717) is 6.54 Å². The Kier molecular flexibility index (Phi) is 6.34. The Hall–Kier alpha value is -2.11.